The molecular formula is C15H19F2NO. The van der Waals surface area contributed by atoms with Crippen LogP contribution in [0.15, 0.2) is 12.4 Å². The minimum absolute atomic E-state index is 0.0101. The van der Waals surface area contributed by atoms with Crippen molar-refractivity contribution >= 4 is 5.78 Å². The highest BCUT2D eigenvalue weighted by atomic mass is 19.3. The summed E-state index contributed by atoms with van der Waals surface area (Å²) >= 11 is 0. The number of alkyl halides is 2. The molecule has 0 spiro atoms. The van der Waals surface area contributed by atoms with Gasteiger partial charge in [0, 0.05) is 43.8 Å². The van der Waals surface area contributed by atoms with E-state index < -0.39 is 5.92 Å². The Balaban J connectivity index is 1.72. The SMILES string of the molecule is O=C1CCCc2cn(CC3CCCC(F)(F)C3)cc21. The smallest absolute Gasteiger partial charge is 0.248 e. The number of carbonyl (C=O) groups excluding carboxylic acids is 1. The van der Waals surface area contributed by atoms with Crippen LogP contribution in [0.5, 0.6) is 0 Å². The number of hydrogen-bond acceptors (Lipinski definition) is 1. The summed E-state index contributed by atoms with van der Waals surface area (Å²) in [6.45, 7) is 0.621. The monoisotopic (exact) mass is 267 g/mol. The fourth-order valence-corrected chi connectivity index (χ4v) is 3.42. The molecule has 0 amide bonds. The number of aryl methyl sites for hydroxylation is 1. The maximum absolute atomic E-state index is 13.4. The molecule has 4 heteroatoms. The second kappa shape index (κ2) is 4.73. The lowest BCUT2D eigenvalue weighted by molar-refractivity contribution is -0.0547. The molecule has 1 heterocycles. The van der Waals surface area contributed by atoms with Gasteiger partial charge in [0.05, 0.1) is 0 Å². The van der Waals surface area contributed by atoms with Crippen LogP contribution in [0.3, 0.4) is 0 Å². The van der Waals surface area contributed by atoms with Crippen LogP contribution in [-0.2, 0) is 13.0 Å². The number of rotatable bonds is 2. The molecule has 2 aliphatic rings. The van der Waals surface area contributed by atoms with Crippen LogP contribution in [0.4, 0.5) is 8.78 Å². The Morgan fingerprint density at radius 3 is 2.84 bits per heavy atom. The predicted octanol–water partition coefficient (Wildman–Crippen LogP) is 3.83. The van der Waals surface area contributed by atoms with Gasteiger partial charge in [-0.05, 0) is 37.2 Å². The van der Waals surface area contributed by atoms with Crippen LogP contribution in [0.2, 0.25) is 0 Å². The van der Waals surface area contributed by atoms with E-state index in [0.29, 0.717) is 19.4 Å². The summed E-state index contributed by atoms with van der Waals surface area (Å²) in [6.07, 6.45) is 7.82. The van der Waals surface area contributed by atoms with Crippen molar-refractivity contribution in [1.82, 2.24) is 4.57 Å². The molecule has 0 radical (unpaired) electrons. The highest BCUT2D eigenvalue weighted by Crippen LogP contribution is 2.37. The zero-order valence-electron chi connectivity index (χ0n) is 11.0. The van der Waals surface area contributed by atoms with Gasteiger partial charge in [-0.25, -0.2) is 8.78 Å². The van der Waals surface area contributed by atoms with Crippen molar-refractivity contribution in [2.45, 2.75) is 57.4 Å². The summed E-state index contributed by atoms with van der Waals surface area (Å²) in [4.78, 5) is 11.8. The van der Waals surface area contributed by atoms with Crippen molar-refractivity contribution in [3.05, 3.63) is 23.5 Å². The third-order valence-corrected chi connectivity index (χ3v) is 4.32. The largest absolute Gasteiger partial charge is 0.353 e. The molecular weight excluding hydrogens is 248 g/mol. The topological polar surface area (TPSA) is 22.0 Å². The van der Waals surface area contributed by atoms with Gasteiger partial charge in [-0.15, -0.1) is 0 Å². The Labute approximate surface area is 111 Å². The molecule has 0 saturated heterocycles. The highest BCUT2D eigenvalue weighted by molar-refractivity contribution is 5.98. The first-order chi connectivity index (χ1) is 9.03. The van der Waals surface area contributed by atoms with Crippen molar-refractivity contribution < 1.29 is 13.6 Å². The lowest BCUT2D eigenvalue weighted by Crippen LogP contribution is -2.28. The third-order valence-electron chi connectivity index (χ3n) is 4.32. The number of fused-ring (bicyclic) bond motifs is 1. The zero-order chi connectivity index (χ0) is 13.5. The van der Waals surface area contributed by atoms with Gasteiger partial charge in [0.15, 0.2) is 5.78 Å². The van der Waals surface area contributed by atoms with E-state index in [1.165, 1.54) is 0 Å². The maximum Gasteiger partial charge on any atom is 0.248 e. The van der Waals surface area contributed by atoms with Crippen molar-refractivity contribution in [1.29, 1.82) is 0 Å². The zero-order valence-corrected chi connectivity index (χ0v) is 11.0. The number of aromatic nitrogens is 1. The Morgan fingerprint density at radius 1 is 1.26 bits per heavy atom. The summed E-state index contributed by atoms with van der Waals surface area (Å²) in [6, 6.07) is 0. The molecule has 3 rings (SSSR count). The molecule has 19 heavy (non-hydrogen) atoms. The van der Waals surface area contributed by atoms with Crippen LogP contribution in [0.25, 0.3) is 0 Å². The van der Waals surface area contributed by atoms with Gasteiger partial charge in [0.1, 0.15) is 0 Å². The van der Waals surface area contributed by atoms with Crippen LogP contribution in [-0.4, -0.2) is 16.3 Å². The third kappa shape index (κ3) is 2.72. The van der Waals surface area contributed by atoms with Gasteiger partial charge in [0.2, 0.25) is 5.92 Å². The van der Waals surface area contributed by atoms with Crippen LogP contribution < -0.4 is 0 Å². The van der Waals surface area contributed by atoms with Crippen molar-refractivity contribution in [3.63, 3.8) is 0 Å². The van der Waals surface area contributed by atoms with Crippen LogP contribution in [0, 0.1) is 5.92 Å². The van der Waals surface area contributed by atoms with E-state index in [1.54, 1.807) is 0 Å². The summed E-state index contributed by atoms with van der Waals surface area (Å²) in [5.41, 5.74) is 1.91. The molecule has 1 fully saturated rings. The van der Waals surface area contributed by atoms with Gasteiger partial charge in [-0.3, -0.25) is 4.79 Å². The Morgan fingerprint density at radius 2 is 2.11 bits per heavy atom. The average Bonchev–Trinajstić information content (AvgIpc) is 2.71. The maximum atomic E-state index is 13.4. The molecule has 1 unspecified atom stereocenters. The normalized spacial score (nSPS) is 26.2. The molecule has 0 aliphatic heterocycles. The minimum Gasteiger partial charge on any atom is -0.353 e. The average molecular weight is 267 g/mol. The minimum atomic E-state index is -2.49. The molecule has 2 nitrogen and oxygen atoms in total. The quantitative estimate of drug-likeness (QED) is 0.798. The van der Waals surface area contributed by atoms with E-state index in [4.69, 9.17) is 0 Å². The number of ketones is 1. The fourth-order valence-electron chi connectivity index (χ4n) is 3.42. The number of nitrogens with zero attached hydrogens (tertiary/aromatic N) is 1. The van der Waals surface area contributed by atoms with Gasteiger partial charge in [-0.2, -0.15) is 0 Å². The molecule has 1 aromatic rings. The van der Waals surface area contributed by atoms with Gasteiger partial charge < -0.3 is 4.57 Å². The highest BCUT2D eigenvalue weighted by Gasteiger charge is 2.36. The summed E-state index contributed by atoms with van der Waals surface area (Å²) < 4.78 is 28.7. The second-order valence-corrected chi connectivity index (χ2v) is 5.99. The molecule has 104 valence electrons. The van der Waals surface area contributed by atoms with Crippen LogP contribution >= 0.6 is 0 Å². The Hall–Kier alpha value is -1.19. The molecule has 1 saturated carbocycles. The lowest BCUT2D eigenvalue weighted by atomic mass is 9.86. The van der Waals surface area contributed by atoms with E-state index in [0.717, 1.165) is 30.4 Å². The van der Waals surface area contributed by atoms with Gasteiger partial charge in [-0.1, -0.05) is 0 Å². The Kier molecular flexibility index (Phi) is 3.19. The van der Waals surface area contributed by atoms with Gasteiger partial charge in [0.25, 0.3) is 0 Å². The van der Waals surface area contributed by atoms with E-state index in [-0.39, 0.29) is 24.5 Å². The van der Waals surface area contributed by atoms with E-state index in [1.807, 2.05) is 17.0 Å². The number of hydrogen-bond donors (Lipinski definition) is 0. The summed E-state index contributed by atoms with van der Waals surface area (Å²) in [5, 5.41) is 0. The molecule has 0 bridgehead atoms. The summed E-state index contributed by atoms with van der Waals surface area (Å²) in [7, 11) is 0. The predicted molar refractivity (Wildman–Crippen MR) is 68.6 cm³/mol. The number of halogens is 2. The van der Waals surface area contributed by atoms with E-state index in [9.17, 15) is 13.6 Å². The van der Waals surface area contributed by atoms with Crippen LogP contribution in [0.1, 0.15) is 54.4 Å². The number of carbonyl (C=O) groups is 1. The molecule has 2 aliphatic carbocycles. The standard InChI is InChI=1S/C15H19F2NO/c16-15(17)6-2-3-11(7-15)8-18-9-12-4-1-5-14(19)13(12)10-18/h9-11H,1-8H2. The first-order valence-corrected chi connectivity index (χ1v) is 7.13. The van der Waals surface area contributed by atoms with Crippen molar-refractivity contribution in [2.75, 3.05) is 0 Å². The molecule has 1 aromatic heterocycles. The Bertz CT molecular complexity index is 492. The molecule has 0 aromatic carbocycles. The second-order valence-electron chi connectivity index (χ2n) is 5.99. The summed E-state index contributed by atoms with van der Waals surface area (Å²) in [5.74, 6) is -2.26. The first-order valence-electron chi connectivity index (χ1n) is 7.13. The number of Topliss-reactive ketones (excluding diaryl/α,β-unsaturated/α-hetero) is 1. The fraction of sp³-hybridized carbons (Fsp3) is 0.667. The molecule has 0 N–H and O–H groups in total. The van der Waals surface area contributed by atoms with Crippen molar-refractivity contribution in [3.8, 4) is 0 Å². The molecule has 1 atom stereocenters. The van der Waals surface area contributed by atoms with E-state index >= 15 is 0 Å². The van der Waals surface area contributed by atoms with E-state index in [2.05, 4.69) is 0 Å². The first kappa shape index (κ1) is 12.8. The lowest BCUT2D eigenvalue weighted by Gasteiger charge is -2.29. The van der Waals surface area contributed by atoms with Crippen molar-refractivity contribution in [2.24, 2.45) is 5.92 Å². The van der Waals surface area contributed by atoms with Gasteiger partial charge >= 0.3 is 0 Å².